The van der Waals surface area contributed by atoms with E-state index >= 15 is 0 Å². The quantitative estimate of drug-likeness (QED) is 0.312. The van der Waals surface area contributed by atoms with E-state index in [4.69, 9.17) is 14.2 Å². The van der Waals surface area contributed by atoms with Crippen molar-refractivity contribution in [2.24, 2.45) is 11.8 Å². The number of aryl methyl sites for hydroxylation is 1. The Labute approximate surface area is 194 Å². The summed E-state index contributed by atoms with van der Waals surface area (Å²) < 4.78 is 17.5. The summed E-state index contributed by atoms with van der Waals surface area (Å²) in [6.45, 7) is 14.8. The zero-order valence-electron chi connectivity index (χ0n) is 20.2. The van der Waals surface area contributed by atoms with Crippen LogP contribution in [0.3, 0.4) is 0 Å². The molecule has 32 heavy (non-hydrogen) atoms. The van der Waals surface area contributed by atoms with E-state index < -0.39 is 0 Å². The number of hydrogen-bond donors (Lipinski definition) is 0. The van der Waals surface area contributed by atoms with Crippen molar-refractivity contribution in [3.8, 4) is 5.75 Å². The number of carbonyl (C=O) groups is 1. The van der Waals surface area contributed by atoms with Crippen molar-refractivity contribution in [3.63, 3.8) is 0 Å². The van der Waals surface area contributed by atoms with Gasteiger partial charge in [0.25, 0.3) is 0 Å². The minimum absolute atomic E-state index is 0.0349. The lowest BCUT2D eigenvalue weighted by Gasteiger charge is -2.37. The van der Waals surface area contributed by atoms with E-state index in [1.165, 1.54) is 12.8 Å². The summed E-state index contributed by atoms with van der Waals surface area (Å²) in [5.41, 5.74) is 3.57. The summed E-state index contributed by atoms with van der Waals surface area (Å²) in [6, 6.07) is 5.54. The van der Waals surface area contributed by atoms with Gasteiger partial charge in [-0.3, -0.25) is 0 Å². The van der Waals surface area contributed by atoms with Gasteiger partial charge in [-0.25, -0.2) is 4.79 Å². The van der Waals surface area contributed by atoms with Gasteiger partial charge in [-0.15, -0.1) is 0 Å². The summed E-state index contributed by atoms with van der Waals surface area (Å²) >= 11 is 0. The van der Waals surface area contributed by atoms with Gasteiger partial charge < -0.3 is 14.2 Å². The second-order valence-corrected chi connectivity index (χ2v) is 9.97. The molecule has 176 valence electrons. The highest BCUT2D eigenvalue weighted by Crippen LogP contribution is 2.39. The van der Waals surface area contributed by atoms with Crippen LogP contribution in [0.5, 0.6) is 5.75 Å². The van der Waals surface area contributed by atoms with Crippen molar-refractivity contribution in [3.05, 3.63) is 53.6 Å². The van der Waals surface area contributed by atoms with Gasteiger partial charge in [0.2, 0.25) is 0 Å². The Hall–Kier alpha value is -2.07. The van der Waals surface area contributed by atoms with Crippen LogP contribution < -0.4 is 4.74 Å². The Bertz CT molecular complexity index is 796. The van der Waals surface area contributed by atoms with Crippen molar-refractivity contribution < 1.29 is 19.0 Å². The van der Waals surface area contributed by atoms with Crippen LogP contribution in [0.2, 0.25) is 0 Å². The van der Waals surface area contributed by atoms with Crippen molar-refractivity contribution in [2.75, 3.05) is 13.2 Å². The van der Waals surface area contributed by atoms with Crippen LogP contribution in [0.1, 0.15) is 81.1 Å². The Kier molecular flexibility index (Phi) is 8.98. The van der Waals surface area contributed by atoms with E-state index in [0.29, 0.717) is 24.9 Å². The molecule has 2 saturated carbocycles. The highest BCUT2D eigenvalue weighted by Gasteiger charge is 2.32. The van der Waals surface area contributed by atoms with Crippen molar-refractivity contribution in [1.29, 1.82) is 0 Å². The lowest BCUT2D eigenvalue weighted by molar-refractivity contribution is -0.000103. The molecule has 0 unspecified atom stereocenters. The maximum atomic E-state index is 12.7. The molecule has 2 aliphatic carbocycles. The predicted octanol–water partition coefficient (Wildman–Crippen LogP) is 6.82. The van der Waals surface area contributed by atoms with E-state index in [1.54, 1.807) is 0 Å². The number of carbonyl (C=O) groups excluding carboxylic acids is 1. The molecule has 0 atom stereocenters. The number of hydrogen-bond acceptors (Lipinski definition) is 4. The Morgan fingerprint density at radius 1 is 0.875 bits per heavy atom. The molecule has 3 rings (SSSR count). The average molecular weight is 441 g/mol. The molecule has 0 heterocycles. The third kappa shape index (κ3) is 7.23. The van der Waals surface area contributed by atoms with Gasteiger partial charge in [0, 0.05) is 0 Å². The zero-order chi connectivity index (χ0) is 23.1. The lowest BCUT2D eigenvalue weighted by atomic mass is 9.72. The molecule has 0 aliphatic heterocycles. The molecule has 0 saturated heterocycles. The van der Waals surface area contributed by atoms with Crippen molar-refractivity contribution in [1.82, 2.24) is 0 Å². The van der Waals surface area contributed by atoms with Crippen LogP contribution >= 0.6 is 0 Å². The van der Waals surface area contributed by atoms with Gasteiger partial charge >= 0.3 is 5.97 Å². The highest BCUT2D eigenvalue weighted by atomic mass is 16.5. The van der Waals surface area contributed by atoms with Crippen LogP contribution in [-0.4, -0.2) is 31.4 Å². The maximum Gasteiger partial charge on any atom is 0.338 e. The molecule has 0 aromatic heterocycles. The SMILES string of the molecule is C=C(C)COc1ccc(C(=O)OC2CCC(C3CCC(OCC(=C)C)CC3)CC2)c(C)c1. The second-order valence-electron chi connectivity index (χ2n) is 9.97. The molecule has 4 heteroatoms. The summed E-state index contributed by atoms with van der Waals surface area (Å²) in [7, 11) is 0. The van der Waals surface area contributed by atoms with Gasteiger partial charge in [0.05, 0.1) is 18.3 Å². The van der Waals surface area contributed by atoms with E-state index in [-0.39, 0.29) is 12.1 Å². The average Bonchev–Trinajstić information content (AvgIpc) is 2.77. The fourth-order valence-electron chi connectivity index (χ4n) is 5.04. The first-order valence-corrected chi connectivity index (χ1v) is 12.2. The first kappa shape index (κ1) is 24.6. The molecule has 0 bridgehead atoms. The molecule has 2 fully saturated rings. The largest absolute Gasteiger partial charge is 0.489 e. The van der Waals surface area contributed by atoms with Crippen LogP contribution in [0.15, 0.2) is 42.5 Å². The van der Waals surface area contributed by atoms with Gasteiger partial charge in [0.1, 0.15) is 18.5 Å². The minimum Gasteiger partial charge on any atom is -0.489 e. The third-order valence-electron chi connectivity index (χ3n) is 6.85. The number of esters is 1. The molecule has 1 aromatic carbocycles. The summed E-state index contributed by atoms with van der Waals surface area (Å²) in [5.74, 6) is 2.10. The van der Waals surface area contributed by atoms with E-state index in [0.717, 1.165) is 72.8 Å². The van der Waals surface area contributed by atoms with Crippen LogP contribution in [0.25, 0.3) is 0 Å². The van der Waals surface area contributed by atoms with E-state index in [9.17, 15) is 4.79 Å². The zero-order valence-corrected chi connectivity index (χ0v) is 20.2. The standard InChI is InChI=1S/C28H40O4/c1-19(2)17-30-24-10-6-22(7-11-24)23-8-12-25(13-9-23)32-28(29)27-15-14-26(16-21(27)5)31-18-20(3)4/h14-16,22-25H,1,3,6-13,17-18H2,2,4-5H3. The fraction of sp³-hybridized carbons (Fsp3) is 0.607. The number of rotatable bonds is 9. The molecular formula is C28H40O4. The van der Waals surface area contributed by atoms with Crippen molar-refractivity contribution >= 4 is 5.97 Å². The summed E-state index contributed by atoms with van der Waals surface area (Å²) in [6.07, 6.45) is 9.55. The molecule has 2 aliphatic rings. The normalized spacial score (nSPS) is 25.7. The first-order valence-electron chi connectivity index (χ1n) is 12.2. The monoisotopic (exact) mass is 440 g/mol. The first-order chi connectivity index (χ1) is 15.3. The molecule has 0 N–H and O–H groups in total. The molecule has 0 spiro atoms. The summed E-state index contributed by atoms with van der Waals surface area (Å²) in [5, 5.41) is 0. The summed E-state index contributed by atoms with van der Waals surface area (Å²) in [4.78, 5) is 12.7. The van der Waals surface area contributed by atoms with E-state index in [2.05, 4.69) is 13.2 Å². The highest BCUT2D eigenvalue weighted by molar-refractivity contribution is 5.91. The molecule has 0 radical (unpaired) electrons. The predicted molar refractivity (Wildman–Crippen MR) is 129 cm³/mol. The smallest absolute Gasteiger partial charge is 0.338 e. The van der Waals surface area contributed by atoms with Crippen LogP contribution in [-0.2, 0) is 9.47 Å². The van der Waals surface area contributed by atoms with Gasteiger partial charge in [-0.1, -0.05) is 18.7 Å². The molecule has 4 nitrogen and oxygen atoms in total. The van der Waals surface area contributed by atoms with Gasteiger partial charge in [-0.2, -0.15) is 0 Å². The Balaban J connectivity index is 1.42. The Morgan fingerprint density at radius 2 is 1.44 bits per heavy atom. The molecule has 1 aromatic rings. The van der Waals surface area contributed by atoms with Gasteiger partial charge in [0.15, 0.2) is 0 Å². The molecular weight excluding hydrogens is 400 g/mol. The fourth-order valence-corrected chi connectivity index (χ4v) is 5.04. The Morgan fingerprint density at radius 3 is 1.97 bits per heavy atom. The number of benzene rings is 1. The number of ether oxygens (including phenoxy) is 3. The third-order valence-corrected chi connectivity index (χ3v) is 6.85. The topological polar surface area (TPSA) is 44.8 Å². The van der Waals surface area contributed by atoms with Gasteiger partial charge in [-0.05, 0) is 113 Å². The van der Waals surface area contributed by atoms with Crippen LogP contribution in [0, 0.1) is 18.8 Å². The maximum absolute atomic E-state index is 12.7. The van der Waals surface area contributed by atoms with Crippen LogP contribution in [0.4, 0.5) is 0 Å². The molecule has 0 amide bonds. The van der Waals surface area contributed by atoms with E-state index in [1.807, 2.05) is 39.0 Å². The second kappa shape index (κ2) is 11.7. The lowest BCUT2D eigenvalue weighted by Crippen LogP contribution is -2.31. The van der Waals surface area contributed by atoms with Crippen molar-refractivity contribution in [2.45, 2.75) is 84.3 Å². The minimum atomic E-state index is -0.215.